The lowest BCUT2D eigenvalue weighted by Gasteiger charge is -2.19. The highest BCUT2D eigenvalue weighted by atomic mass is 16.3. The van der Waals surface area contributed by atoms with E-state index in [1.54, 1.807) is 0 Å². The van der Waals surface area contributed by atoms with Gasteiger partial charge in [-0.2, -0.15) is 9.97 Å². The van der Waals surface area contributed by atoms with Gasteiger partial charge in [0.1, 0.15) is 0 Å². The summed E-state index contributed by atoms with van der Waals surface area (Å²) in [5.74, 6) is -0.0888. The molecular weight excluding hydrogens is 254 g/mol. The van der Waals surface area contributed by atoms with Crippen molar-refractivity contribution in [1.29, 1.82) is 0 Å². The van der Waals surface area contributed by atoms with Gasteiger partial charge in [0, 0.05) is 18.7 Å². The van der Waals surface area contributed by atoms with Crippen LogP contribution in [0.2, 0.25) is 0 Å². The molecule has 1 aromatic carbocycles. The monoisotopic (exact) mass is 271 g/mol. The average Bonchev–Trinajstić information content (AvgIpc) is 2.62. The zero-order valence-electron chi connectivity index (χ0n) is 11.2. The molecule has 0 saturated heterocycles. The van der Waals surface area contributed by atoms with Gasteiger partial charge in [-0.25, -0.2) is 0 Å². The molecule has 104 valence electrons. The molecule has 5 heteroatoms. The minimum Gasteiger partial charge on any atom is -0.493 e. The lowest BCUT2D eigenvalue weighted by molar-refractivity contribution is 0.257. The molecule has 0 atom stereocenters. The van der Waals surface area contributed by atoms with Crippen molar-refractivity contribution in [1.82, 2.24) is 14.9 Å². The van der Waals surface area contributed by atoms with Crippen LogP contribution in [0.15, 0.2) is 30.3 Å². The number of aromatic hydroxyl groups is 2. The number of hydrogen-bond acceptors (Lipinski definition) is 5. The summed E-state index contributed by atoms with van der Waals surface area (Å²) in [6.45, 7) is 2.39. The lowest BCUT2D eigenvalue weighted by Crippen LogP contribution is -2.23. The van der Waals surface area contributed by atoms with Gasteiger partial charge < -0.3 is 10.2 Å². The molecule has 0 aliphatic carbocycles. The molecule has 0 unspecified atom stereocenters. The minimum atomic E-state index is -0.359. The Morgan fingerprint density at radius 1 is 1.10 bits per heavy atom. The van der Waals surface area contributed by atoms with Crippen LogP contribution in [0, 0.1) is 0 Å². The second-order valence-electron chi connectivity index (χ2n) is 5.07. The lowest BCUT2D eigenvalue weighted by atomic mass is 10.1. The number of nitrogens with zero attached hydrogens (tertiary/aromatic N) is 3. The number of fused-ring (bicyclic) bond motifs is 1. The van der Waals surface area contributed by atoms with E-state index in [0.717, 1.165) is 37.2 Å². The highest BCUT2D eigenvalue weighted by Crippen LogP contribution is 2.26. The van der Waals surface area contributed by atoms with E-state index in [4.69, 9.17) is 0 Å². The number of hydrogen-bond donors (Lipinski definition) is 2. The fourth-order valence-corrected chi connectivity index (χ4v) is 2.64. The van der Waals surface area contributed by atoms with Gasteiger partial charge in [-0.15, -0.1) is 0 Å². The van der Waals surface area contributed by atoms with E-state index in [1.807, 2.05) is 18.2 Å². The van der Waals surface area contributed by atoms with Crippen LogP contribution in [0.3, 0.4) is 0 Å². The van der Waals surface area contributed by atoms with Crippen molar-refractivity contribution in [2.75, 3.05) is 6.54 Å². The van der Waals surface area contributed by atoms with Gasteiger partial charge in [0.25, 0.3) is 0 Å². The fourth-order valence-electron chi connectivity index (χ4n) is 2.64. The molecule has 0 radical (unpaired) electrons. The van der Waals surface area contributed by atoms with Crippen molar-refractivity contribution in [3.05, 3.63) is 47.2 Å². The summed E-state index contributed by atoms with van der Waals surface area (Å²) in [4.78, 5) is 9.96. The third-order valence-electron chi connectivity index (χ3n) is 3.58. The predicted molar refractivity (Wildman–Crippen MR) is 74.2 cm³/mol. The molecule has 1 aliphatic rings. The molecule has 2 N–H and O–H groups in total. The van der Waals surface area contributed by atoms with E-state index < -0.39 is 0 Å². The van der Waals surface area contributed by atoms with Gasteiger partial charge in [-0.3, -0.25) is 4.90 Å². The Kier molecular flexibility index (Phi) is 3.52. The summed E-state index contributed by atoms with van der Waals surface area (Å²) in [6.07, 6.45) is 1.69. The summed E-state index contributed by atoms with van der Waals surface area (Å²) in [6, 6.07) is 9.90. The Hall–Kier alpha value is -2.14. The zero-order valence-corrected chi connectivity index (χ0v) is 11.2. The SMILES string of the molecule is Oc1nc(O)c2c(n1)CN(Cc1ccccc1)CCC2. The molecule has 3 rings (SSSR count). The van der Waals surface area contributed by atoms with Crippen molar-refractivity contribution >= 4 is 0 Å². The summed E-state index contributed by atoms with van der Waals surface area (Å²) in [5.41, 5.74) is 2.74. The van der Waals surface area contributed by atoms with E-state index in [-0.39, 0.29) is 11.9 Å². The smallest absolute Gasteiger partial charge is 0.317 e. The van der Waals surface area contributed by atoms with E-state index >= 15 is 0 Å². The van der Waals surface area contributed by atoms with Crippen LogP contribution < -0.4 is 0 Å². The van der Waals surface area contributed by atoms with Gasteiger partial charge in [0.15, 0.2) is 0 Å². The van der Waals surface area contributed by atoms with Crippen LogP contribution in [0.1, 0.15) is 23.2 Å². The molecule has 0 saturated carbocycles. The van der Waals surface area contributed by atoms with Gasteiger partial charge >= 0.3 is 6.01 Å². The zero-order chi connectivity index (χ0) is 13.9. The van der Waals surface area contributed by atoms with E-state index in [2.05, 4.69) is 27.0 Å². The number of benzene rings is 1. The maximum Gasteiger partial charge on any atom is 0.317 e. The summed E-state index contributed by atoms with van der Waals surface area (Å²) < 4.78 is 0. The predicted octanol–water partition coefficient (Wildman–Crippen LogP) is 1.84. The Morgan fingerprint density at radius 2 is 1.90 bits per heavy atom. The number of rotatable bonds is 2. The topological polar surface area (TPSA) is 69.5 Å². The average molecular weight is 271 g/mol. The Bertz CT molecular complexity index is 602. The third-order valence-corrected chi connectivity index (χ3v) is 3.58. The molecule has 0 bridgehead atoms. The first-order valence-corrected chi connectivity index (χ1v) is 6.76. The van der Waals surface area contributed by atoms with Crippen molar-refractivity contribution in [3.63, 3.8) is 0 Å². The Morgan fingerprint density at radius 3 is 2.70 bits per heavy atom. The van der Waals surface area contributed by atoms with E-state index in [0.29, 0.717) is 6.54 Å². The Balaban J connectivity index is 1.82. The maximum atomic E-state index is 9.81. The van der Waals surface area contributed by atoms with E-state index in [1.165, 1.54) is 5.56 Å². The van der Waals surface area contributed by atoms with Crippen LogP contribution in [0.5, 0.6) is 11.9 Å². The largest absolute Gasteiger partial charge is 0.493 e. The third kappa shape index (κ3) is 2.72. The van der Waals surface area contributed by atoms with E-state index in [9.17, 15) is 10.2 Å². The van der Waals surface area contributed by atoms with Crippen LogP contribution in [0.4, 0.5) is 0 Å². The molecule has 20 heavy (non-hydrogen) atoms. The van der Waals surface area contributed by atoms with Gasteiger partial charge in [-0.1, -0.05) is 30.3 Å². The normalized spacial score (nSPS) is 15.6. The molecule has 0 fully saturated rings. The standard InChI is InChI=1S/C15H17N3O2/c19-14-12-7-4-8-18(9-11-5-2-1-3-6-11)10-13(12)16-15(20)17-14/h1-3,5-6H,4,7-10H2,(H2,16,17,19,20). The molecule has 1 aliphatic heterocycles. The fraction of sp³-hybridized carbons (Fsp3) is 0.333. The second-order valence-corrected chi connectivity index (χ2v) is 5.07. The molecule has 2 heterocycles. The molecule has 1 aromatic heterocycles. The first-order chi connectivity index (χ1) is 9.72. The quantitative estimate of drug-likeness (QED) is 0.872. The van der Waals surface area contributed by atoms with Crippen molar-refractivity contribution in [2.24, 2.45) is 0 Å². The molecular formula is C15H17N3O2. The number of aromatic nitrogens is 2. The summed E-state index contributed by atoms with van der Waals surface area (Å²) >= 11 is 0. The van der Waals surface area contributed by atoms with Gasteiger partial charge in [0.2, 0.25) is 5.88 Å². The van der Waals surface area contributed by atoms with Gasteiger partial charge in [-0.05, 0) is 24.9 Å². The first kappa shape index (κ1) is 12.9. The maximum absolute atomic E-state index is 9.81. The summed E-state index contributed by atoms with van der Waals surface area (Å²) in [5, 5.41) is 19.2. The molecule has 5 nitrogen and oxygen atoms in total. The summed E-state index contributed by atoms with van der Waals surface area (Å²) in [7, 11) is 0. The van der Waals surface area contributed by atoms with Crippen LogP contribution in [-0.2, 0) is 19.5 Å². The molecule has 2 aromatic rings. The van der Waals surface area contributed by atoms with Crippen molar-refractivity contribution < 1.29 is 10.2 Å². The van der Waals surface area contributed by atoms with Crippen LogP contribution in [0.25, 0.3) is 0 Å². The molecule has 0 spiro atoms. The second kappa shape index (κ2) is 5.46. The van der Waals surface area contributed by atoms with Crippen LogP contribution in [-0.4, -0.2) is 31.6 Å². The van der Waals surface area contributed by atoms with Gasteiger partial charge in [0.05, 0.1) is 5.69 Å². The van der Waals surface area contributed by atoms with Crippen molar-refractivity contribution in [2.45, 2.75) is 25.9 Å². The van der Waals surface area contributed by atoms with Crippen molar-refractivity contribution in [3.8, 4) is 11.9 Å². The Labute approximate surface area is 117 Å². The molecule has 0 amide bonds. The highest BCUT2D eigenvalue weighted by molar-refractivity contribution is 5.32. The highest BCUT2D eigenvalue weighted by Gasteiger charge is 2.20. The minimum absolute atomic E-state index is 0.0888. The first-order valence-electron chi connectivity index (χ1n) is 6.76. The van der Waals surface area contributed by atoms with Crippen LogP contribution >= 0.6 is 0 Å².